The van der Waals surface area contributed by atoms with Gasteiger partial charge in [0.15, 0.2) is 0 Å². The van der Waals surface area contributed by atoms with E-state index in [4.69, 9.17) is 0 Å². The molecule has 1 heterocycles. The highest BCUT2D eigenvalue weighted by atomic mass is 32.2. The average molecular weight is 219 g/mol. The average Bonchev–Trinajstić information content (AvgIpc) is 2.54. The molecule has 0 amide bonds. The van der Waals surface area contributed by atoms with Crippen LogP contribution in [-0.2, 0) is 10.0 Å². The van der Waals surface area contributed by atoms with Gasteiger partial charge in [-0.3, -0.25) is 0 Å². The first kappa shape index (κ1) is 10.7. The number of rotatable bonds is 3. The van der Waals surface area contributed by atoms with Gasteiger partial charge in [-0.2, -0.15) is 4.31 Å². The van der Waals surface area contributed by atoms with E-state index < -0.39 is 10.0 Å². The molecule has 74 valence electrons. The molecule has 0 saturated heterocycles. The van der Waals surface area contributed by atoms with Crippen LogP contribution in [-0.4, -0.2) is 25.8 Å². The Morgan fingerprint density at radius 2 is 2.08 bits per heavy atom. The third-order valence-corrected chi connectivity index (χ3v) is 5.26. The van der Waals surface area contributed by atoms with E-state index in [1.165, 1.54) is 15.6 Å². The van der Waals surface area contributed by atoms with Crippen molar-refractivity contribution in [3.05, 3.63) is 17.5 Å². The second-order valence-electron chi connectivity index (χ2n) is 3.05. The van der Waals surface area contributed by atoms with Crippen molar-refractivity contribution in [3.63, 3.8) is 0 Å². The summed E-state index contributed by atoms with van der Waals surface area (Å²) in [5.74, 6) is 0. The van der Waals surface area contributed by atoms with Crippen molar-refractivity contribution in [2.45, 2.75) is 24.1 Å². The summed E-state index contributed by atoms with van der Waals surface area (Å²) in [5.41, 5.74) is 0. The zero-order valence-corrected chi connectivity index (χ0v) is 9.52. The van der Waals surface area contributed by atoms with E-state index in [0.717, 1.165) is 0 Å². The minimum atomic E-state index is -3.24. The van der Waals surface area contributed by atoms with E-state index in [9.17, 15) is 8.42 Å². The number of nitrogens with zero attached hydrogens (tertiary/aromatic N) is 1. The molecule has 0 aliphatic carbocycles. The van der Waals surface area contributed by atoms with Gasteiger partial charge in [0.25, 0.3) is 10.0 Å². The lowest BCUT2D eigenvalue weighted by Crippen LogP contribution is -2.32. The highest BCUT2D eigenvalue weighted by Crippen LogP contribution is 2.20. The van der Waals surface area contributed by atoms with Crippen LogP contribution < -0.4 is 0 Å². The van der Waals surface area contributed by atoms with Crippen LogP contribution in [0.1, 0.15) is 13.8 Å². The van der Waals surface area contributed by atoms with Crippen molar-refractivity contribution in [1.82, 2.24) is 4.31 Å². The van der Waals surface area contributed by atoms with Crippen LogP contribution in [0.25, 0.3) is 0 Å². The molecule has 0 N–H and O–H groups in total. The highest BCUT2D eigenvalue weighted by molar-refractivity contribution is 7.91. The van der Waals surface area contributed by atoms with Crippen molar-refractivity contribution >= 4 is 21.4 Å². The predicted octanol–water partition coefficient (Wildman–Crippen LogP) is 1.78. The first-order valence-electron chi connectivity index (χ1n) is 3.98. The lowest BCUT2D eigenvalue weighted by atomic mass is 10.4. The molecular weight excluding hydrogens is 206 g/mol. The molecule has 1 aromatic rings. The molecule has 1 rings (SSSR count). The van der Waals surface area contributed by atoms with Crippen LogP contribution in [0, 0.1) is 0 Å². The van der Waals surface area contributed by atoms with Crippen molar-refractivity contribution < 1.29 is 8.42 Å². The van der Waals surface area contributed by atoms with Gasteiger partial charge >= 0.3 is 0 Å². The van der Waals surface area contributed by atoms with Crippen LogP contribution in [0.2, 0.25) is 0 Å². The molecule has 5 heteroatoms. The molecule has 0 aliphatic heterocycles. The standard InChI is InChI=1S/C8H13NO2S2/c1-7(2)9(3)13(10,11)8-5-4-6-12-8/h4-7H,1-3H3. The Morgan fingerprint density at radius 1 is 1.46 bits per heavy atom. The smallest absolute Gasteiger partial charge is 0.206 e. The molecule has 13 heavy (non-hydrogen) atoms. The minimum absolute atomic E-state index is 0.00731. The quantitative estimate of drug-likeness (QED) is 0.777. The summed E-state index contributed by atoms with van der Waals surface area (Å²) in [5, 5.41) is 1.76. The molecular formula is C8H13NO2S2. The fraction of sp³-hybridized carbons (Fsp3) is 0.500. The van der Waals surface area contributed by atoms with Crippen LogP contribution in [0.4, 0.5) is 0 Å². The third kappa shape index (κ3) is 2.10. The SMILES string of the molecule is CC(C)N(C)S(=O)(=O)c1cccs1. The van der Waals surface area contributed by atoms with Crippen LogP contribution in [0.3, 0.4) is 0 Å². The van der Waals surface area contributed by atoms with Gasteiger partial charge in [0, 0.05) is 13.1 Å². The zero-order valence-electron chi connectivity index (χ0n) is 7.89. The normalized spacial score (nSPS) is 12.7. The van der Waals surface area contributed by atoms with Gasteiger partial charge in [0.1, 0.15) is 4.21 Å². The van der Waals surface area contributed by atoms with E-state index in [2.05, 4.69) is 0 Å². The monoisotopic (exact) mass is 219 g/mol. The third-order valence-electron chi connectivity index (χ3n) is 1.86. The molecule has 0 bridgehead atoms. The van der Waals surface area contributed by atoms with E-state index in [1.54, 1.807) is 24.6 Å². The molecule has 0 unspecified atom stereocenters. The summed E-state index contributed by atoms with van der Waals surface area (Å²) in [4.78, 5) is 0. The van der Waals surface area contributed by atoms with Crippen molar-refractivity contribution in [1.29, 1.82) is 0 Å². The van der Waals surface area contributed by atoms with Crippen molar-refractivity contribution in [3.8, 4) is 0 Å². The molecule has 3 nitrogen and oxygen atoms in total. The maximum Gasteiger partial charge on any atom is 0.252 e. The summed E-state index contributed by atoms with van der Waals surface area (Å²) in [7, 11) is -1.65. The van der Waals surface area contributed by atoms with Crippen LogP contribution in [0.15, 0.2) is 21.7 Å². The first-order valence-corrected chi connectivity index (χ1v) is 6.30. The summed E-state index contributed by atoms with van der Waals surface area (Å²) in [6.45, 7) is 3.70. The number of hydrogen-bond donors (Lipinski definition) is 0. The Bertz CT molecular complexity index is 354. The van der Waals surface area contributed by atoms with Crippen molar-refractivity contribution in [2.24, 2.45) is 0 Å². The van der Waals surface area contributed by atoms with Gasteiger partial charge in [-0.1, -0.05) is 6.07 Å². The molecule has 0 fully saturated rings. The fourth-order valence-electron chi connectivity index (χ4n) is 0.830. The number of thiophene rings is 1. The van der Waals surface area contributed by atoms with Gasteiger partial charge in [0.05, 0.1) is 0 Å². The van der Waals surface area contributed by atoms with Crippen molar-refractivity contribution in [2.75, 3.05) is 7.05 Å². The zero-order chi connectivity index (χ0) is 10.1. The number of hydrogen-bond acceptors (Lipinski definition) is 3. The Morgan fingerprint density at radius 3 is 2.46 bits per heavy atom. The van der Waals surface area contributed by atoms with E-state index in [-0.39, 0.29) is 6.04 Å². The lowest BCUT2D eigenvalue weighted by molar-refractivity contribution is 0.412. The van der Waals surface area contributed by atoms with Gasteiger partial charge in [-0.05, 0) is 25.3 Å². The van der Waals surface area contributed by atoms with Crippen LogP contribution >= 0.6 is 11.3 Å². The maximum absolute atomic E-state index is 11.8. The molecule has 0 atom stereocenters. The fourth-order valence-corrected chi connectivity index (χ4v) is 3.37. The highest BCUT2D eigenvalue weighted by Gasteiger charge is 2.23. The Balaban J connectivity index is 3.04. The minimum Gasteiger partial charge on any atom is -0.206 e. The van der Waals surface area contributed by atoms with Gasteiger partial charge in [-0.25, -0.2) is 8.42 Å². The Hall–Kier alpha value is -0.390. The summed E-state index contributed by atoms with van der Waals surface area (Å²) in [6.07, 6.45) is 0. The maximum atomic E-state index is 11.8. The number of sulfonamides is 1. The topological polar surface area (TPSA) is 37.4 Å². The Labute approximate surface area is 83.1 Å². The molecule has 0 aromatic carbocycles. The lowest BCUT2D eigenvalue weighted by Gasteiger charge is -2.19. The molecule has 0 aliphatic rings. The van der Waals surface area contributed by atoms with E-state index in [0.29, 0.717) is 4.21 Å². The summed E-state index contributed by atoms with van der Waals surface area (Å²) < 4.78 is 25.3. The van der Waals surface area contributed by atoms with Gasteiger partial charge in [0.2, 0.25) is 0 Å². The largest absolute Gasteiger partial charge is 0.252 e. The second kappa shape index (κ2) is 3.77. The van der Waals surface area contributed by atoms with E-state index >= 15 is 0 Å². The van der Waals surface area contributed by atoms with Gasteiger partial charge < -0.3 is 0 Å². The molecule has 0 radical (unpaired) electrons. The molecule has 1 aromatic heterocycles. The van der Waals surface area contributed by atoms with E-state index in [1.807, 2.05) is 13.8 Å². The van der Waals surface area contributed by atoms with Crippen LogP contribution in [0.5, 0.6) is 0 Å². The second-order valence-corrected chi connectivity index (χ2v) is 6.22. The first-order chi connectivity index (χ1) is 5.96. The summed E-state index contributed by atoms with van der Waals surface area (Å²) >= 11 is 1.25. The Kier molecular flexibility index (Phi) is 3.10. The van der Waals surface area contributed by atoms with Gasteiger partial charge in [-0.15, -0.1) is 11.3 Å². The summed E-state index contributed by atoms with van der Waals surface area (Å²) in [6, 6.07) is 3.36. The molecule has 0 saturated carbocycles. The molecule has 0 spiro atoms. The predicted molar refractivity (Wildman–Crippen MR) is 54.4 cm³/mol.